The highest BCUT2D eigenvalue weighted by Crippen LogP contribution is 2.13. The predicted octanol–water partition coefficient (Wildman–Crippen LogP) is -0.790. The maximum absolute atomic E-state index is 12.4. The number of hydrogen-bond acceptors (Lipinski definition) is 11. The number of rotatable bonds is 10. The molecular formula is C19H18N8O8. The van der Waals surface area contributed by atoms with Crippen LogP contribution >= 0.6 is 0 Å². The van der Waals surface area contributed by atoms with Crippen molar-refractivity contribution in [3.05, 3.63) is 62.2 Å². The molecule has 2 unspecified atom stereocenters. The Morgan fingerprint density at radius 2 is 1.83 bits per heavy atom. The summed E-state index contributed by atoms with van der Waals surface area (Å²) in [6.07, 6.45) is 0.477. The number of nitrogen functional groups attached to an aromatic ring is 1. The molecular weight excluding hydrogens is 468 g/mol. The molecule has 0 spiro atoms. The molecule has 7 N–H and O–H groups in total. The van der Waals surface area contributed by atoms with Crippen molar-refractivity contribution in [2.24, 2.45) is 0 Å². The van der Waals surface area contributed by atoms with Gasteiger partial charge < -0.3 is 26.6 Å². The van der Waals surface area contributed by atoms with Crippen LogP contribution in [0.2, 0.25) is 0 Å². The Morgan fingerprint density at radius 3 is 2.43 bits per heavy atom. The monoisotopic (exact) mass is 486 g/mol. The fourth-order valence-electron chi connectivity index (χ4n) is 2.95. The van der Waals surface area contributed by atoms with Gasteiger partial charge >= 0.3 is 18.0 Å². The van der Waals surface area contributed by atoms with E-state index < -0.39 is 46.8 Å². The highest BCUT2D eigenvalue weighted by atomic mass is 16.6. The fraction of sp³-hybridized carbons (Fsp3) is 0.211. The largest absolute Gasteiger partial charge is 0.480 e. The summed E-state index contributed by atoms with van der Waals surface area (Å²) in [7, 11) is 0. The number of carboxylic acids is 2. The summed E-state index contributed by atoms with van der Waals surface area (Å²) in [4.78, 5) is 70.8. The first kappa shape index (κ1) is 24.5. The van der Waals surface area contributed by atoms with Crippen LogP contribution in [-0.4, -0.2) is 65.0 Å². The van der Waals surface area contributed by atoms with Crippen LogP contribution in [0, 0.1) is 10.1 Å². The van der Waals surface area contributed by atoms with Gasteiger partial charge in [-0.05, 0) is 24.3 Å². The van der Waals surface area contributed by atoms with E-state index in [1.165, 1.54) is 30.5 Å². The molecule has 0 saturated carbocycles. The zero-order valence-corrected chi connectivity index (χ0v) is 17.7. The van der Waals surface area contributed by atoms with Crippen molar-refractivity contribution >= 4 is 40.6 Å². The molecule has 1 aromatic carbocycles. The molecule has 2 aromatic heterocycles. The first-order valence-electron chi connectivity index (χ1n) is 9.80. The molecule has 35 heavy (non-hydrogen) atoms. The number of fused-ring (bicyclic) bond motifs is 1. The Labute approximate surface area is 194 Å². The molecule has 0 fully saturated rings. The smallest absolute Gasteiger partial charge is 0.379 e. The number of carbonyl (C=O) groups excluding carboxylic acids is 1. The van der Waals surface area contributed by atoms with Gasteiger partial charge in [-0.25, -0.2) is 19.6 Å². The van der Waals surface area contributed by atoms with Crippen molar-refractivity contribution in [1.82, 2.24) is 25.3 Å². The van der Waals surface area contributed by atoms with Crippen LogP contribution in [0.15, 0.2) is 35.3 Å². The van der Waals surface area contributed by atoms with Crippen LogP contribution in [0.1, 0.15) is 22.5 Å². The summed E-state index contributed by atoms with van der Waals surface area (Å²) in [5.74, 6) is -4.37. The number of nitrogens with zero attached hydrogens (tertiary/aromatic N) is 4. The van der Waals surface area contributed by atoms with Gasteiger partial charge in [0, 0.05) is 16.2 Å². The topological polar surface area (TPSA) is 256 Å². The van der Waals surface area contributed by atoms with Crippen LogP contribution in [0.4, 0.5) is 11.6 Å². The zero-order chi connectivity index (χ0) is 25.7. The Hall–Kier alpha value is -5.15. The van der Waals surface area contributed by atoms with Gasteiger partial charge in [0.2, 0.25) is 5.95 Å². The average Bonchev–Trinajstić information content (AvgIpc) is 2.80. The highest BCUT2D eigenvalue weighted by molar-refractivity contribution is 5.97. The number of anilines is 2. The molecule has 0 aliphatic heterocycles. The summed E-state index contributed by atoms with van der Waals surface area (Å²) >= 11 is 0. The summed E-state index contributed by atoms with van der Waals surface area (Å²) in [5, 5.41) is 34.0. The van der Waals surface area contributed by atoms with Crippen LogP contribution in [0.3, 0.4) is 0 Å². The van der Waals surface area contributed by atoms with Gasteiger partial charge in [-0.3, -0.25) is 24.7 Å². The van der Waals surface area contributed by atoms with E-state index >= 15 is 0 Å². The lowest BCUT2D eigenvalue weighted by molar-refractivity contribution is -0.511. The summed E-state index contributed by atoms with van der Waals surface area (Å²) < 4.78 is 0. The average molecular weight is 486 g/mol. The van der Waals surface area contributed by atoms with Crippen molar-refractivity contribution in [2.45, 2.75) is 25.0 Å². The zero-order valence-electron chi connectivity index (χ0n) is 17.7. The number of nitro groups is 1. The number of carbonyl (C=O) groups is 3. The SMILES string of the molecule is Nc1nc2ncc(CNc3ccc(C(=O)NC(CC(C(=O)O)[N+](=O)[O-])C(=O)O)cc3)nc2c(=O)[nH]1. The van der Waals surface area contributed by atoms with Gasteiger partial charge in [0.05, 0.1) is 24.9 Å². The van der Waals surface area contributed by atoms with Gasteiger partial charge in [0.15, 0.2) is 11.2 Å². The minimum absolute atomic E-state index is 0.0146. The maximum atomic E-state index is 12.4. The number of amides is 1. The second kappa shape index (κ2) is 10.2. The third-order valence-electron chi connectivity index (χ3n) is 4.71. The quantitative estimate of drug-likeness (QED) is 0.152. The summed E-state index contributed by atoms with van der Waals surface area (Å²) in [6, 6.07) is 1.76. The Bertz CT molecular complexity index is 1340. The highest BCUT2D eigenvalue weighted by Gasteiger charge is 2.36. The van der Waals surface area contributed by atoms with E-state index in [1.54, 1.807) is 0 Å². The first-order valence-corrected chi connectivity index (χ1v) is 9.80. The van der Waals surface area contributed by atoms with Gasteiger partial charge in [0.25, 0.3) is 11.5 Å². The number of nitrogens with one attached hydrogen (secondary N) is 3. The molecule has 182 valence electrons. The molecule has 0 bridgehead atoms. The van der Waals surface area contributed by atoms with E-state index in [9.17, 15) is 34.4 Å². The van der Waals surface area contributed by atoms with Crippen LogP contribution < -0.4 is 21.9 Å². The number of aromatic amines is 1. The summed E-state index contributed by atoms with van der Waals surface area (Å²) in [6.45, 7) is 0.164. The Kier molecular flexibility index (Phi) is 7.13. The number of hydrogen-bond donors (Lipinski definition) is 6. The van der Waals surface area contributed by atoms with Crippen LogP contribution in [0.5, 0.6) is 0 Å². The fourth-order valence-corrected chi connectivity index (χ4v) is 2.95. The molecule has 16 nitrogen and oxygen atoms in total. The molecule has 0 aliphatic rings. The van der Waals surface area contributed by atoms with Crippen molar-refractivity contribution < 1.29 is 29.5 Å². The van der Waals surface area contributed by atoms with Gasteiger partial charge in [0.1, 0.15) is 6.04 Å². The second-order valence-corrected chi connectivity index (χ2v) is 7.16. The maximum Gasteiger partial charge on any atom is 0.379 e. The molecule has 3 rings (SSSR count). The Morgan fingerprint density at radius 1 is 1.14 bits per heavy atom. The van der Waals surface area contributed by atoms with E-state index in [-0.39, 0.29) is 29.2 Å². The standard InChI is InChI=1S/C19H18N8O8/c20-19-25-14-13(16(29)26-19)23-10(7-22-14)6-21-9-3-1-8(2-4-9)15(28)24-11(17(30)31)5-12(18(32)33)27(34)35/h1-4,7,11-12,21H,5-6H2,(H,24,28)(H,30,31)(H,32,33)(H3,20,22,25,26,29). The summed E-state index contributed by atoms with van der Waals surface area (Å²) in [5.41, 5.74) is 6.03. The van der Waals surface area contributed by atoms with Gasteiger partial charge in [-0.2, -0.15) is 4.98 Å². The normalized spacial score (nSPS) is 12.5. The lowest BCUT2D eigenvalue weighted by Crippen LogP contribution is -2.46. The molecule has 0 radical (unpaired) electrons. The first-order chi connectivity index (χ1) is 16.5. The molecule has 2 heterocycles. The van der Waals surface area contributed by atoms with Crippen LogP contribution in [0.25, 0.3) is 11.2 Å². The van der Waals surface area contributed by atoms with E-state index in [0.717, 1.165) is 0 Å². The van der Waals surface area contributed by atoms with E-state index in [4.69, 9.17) is 10.8 Å². The minimum atomic E-state index is -2.19. The lowest BCUT2D eigenvalue weighted by atomic mass is 10.1. The van der Waals surface area contributed by atoms with Crippen molar-refractivity contribution in [1.29, 1.82) is 0 Å². The Balaban J connectivity index is 1.64. The number of carboxylic acid groups (broad SMARTS) is 2. The van der Waals surface area contributed by atoms with E-state index in [2.05, 4.69) is 30.6 Å². The van der Waals surface area contributed by atoms with Crippen molar-refractivity contribution in [3.8, 4) is 0 Å². The lowest BCUT2D eigenvalue weighted by Gasteiger charge is -2.15. The third-order valence-corrected chi connectivity index (χ3v) is 4.71. The number of aliphatic carboxylic acids is 2. The van der Waals surface area contributed by atoms with Crippen molar-refractivity contribution in [2.75, 3.05) is 11.1 Å². The number of benzene rings is 1. The molecule has 1 amide bonds. The number of nitrogens with two attached hydrogens (primary N) is 1. The van der Waals surface area contributed by atoms with Gasteiger partial charge in [-0.1, -0.05) is 0 Å². The minimum Gasteiger partial charge on any atom is -0.480 e. The molecule has 0 saturated heterocycles. The number of H-pyrrole nitrogens is 1. The van der Waals surface area contributed by atoms with E-state index in [0.29, 0.717) is 11.4 Å². The number of aromatic nitrogens is 4. The molecule has 16 heteroatoms. The van der Waals surface area contributed by atoms with Gasteiger partial charge in [-0.15, -0.1) is 0 Å². The van der Waals surface area contributed by atoms with Crippen molar-refractivity contribution in [3.63, 3.8) is 0 Å². The second-order valence-electron chi connectivity index (χ2n) is 7.16. The molecule has 3 aromatic rings. The predicted molar refractivity (Wildman–Crippen MR) is 118 cm³/mol. The van der Waals surface area contributed by atoms with E-state index in [1.807, 2.05) is 0 Å². The molecule has 2 atom stereocenters. The third kappa shape index (κ3) is 6.01. The van der Waals surface area contributed by atoms with Crippen LogP contribution in [-0.2, 0) is 16.1 Å². The molecule has 0 aliphatic carbocycles.